The van der Waals surface area contributed by atoms with Crippen molar-refractivity contribution in [3.63, 3.8) is 0 Å². The van der Waals surface area contributed by atoms with Crippen LogP contribution in [-0.4, -0.2) is 31.3 Å². The Morgan fingerprint density at radius 2 is 1.91 bits per heavy atom. The highest BCUT2D eigenvalue weighted by atomic mass is 32.2. The molecule has 0 amide bonds. The van der Waals surface area contributed by atoms with Crippen molar-refractivity contribution in [2.45, 2.75) is 19.4 Å². The molecule has 1 heterocycles. The predicted molar refractivity (Wildman–Crippen MR) is 37.6 cm³/mol. The van der Waals surface area contributed by atoms with E-state index < -0.39 is 10.1 Å². The molecular weight excluding hydrogens is 172 g/mol. The summed E-state index contributed by atoms with van der Waals surface area (Å²) in [7, 11) is -3.67. The third-order valence-electron chi connectivity index (χ3n) is 0.787. The first-order valence-electron chi connectivity index (χ1n) is 2.91. The first-order chi connectivity index (χ1) is 4.79. The van der Waals surface area contributed by atoms with Crippen LogP contribution in [0.15, 0.2) is 0 Å². The monoisotopic (exact) mass is 182 g/mol. The summed E-state index contributed by atoms with van der Waals surface area (Å²) in [5, 5.41) is 0. The molecule has 0 saturated carbocycles. The van der Waals surface area contributed by atoms with Gasteiger partial charge in [-0.1, -0.05) is 0 Å². The lowest BCUT2D eigenvalue weighted by atomic mass is 10.2. The van der Waals surface area contributed by atoms with E-state index in [1.807, 2.05) is 6.92 Å². The van der Waals surface area contributed by atoms with Gasteiger partial charge >= 0.3 is 5.97 Å². The first-order valence-corrected chi connectivity index (χ1v) is 4.76. The van der Waals surface area contributed by atoms with Gasteiger partial charge in [-0.05, 0) is 6.92 Å². The molecule has 1 N–H and O–H groups in total. The molecule has 0 aromatic rings. The van der Waals surface area contributed by atoms with E-state index >= 15 is 0 Å². The summed E-state index contributed by atoms with van der Waals surface area (Å²) in [6.07, 6.45) is 1.52. The van der Waals surface area contributed by atoms with Crippen molar-refractivity contribution >= 4 is 16.1 Å². The van der Waals surface area contributed by atoms with E-state index in [9.17, 15) is 13.2 Å². The molecule has 1 saturated heterocycles. The number of hydrogen-bond donors (Lipinski definition) is 1. The van der Waals surface area contributed by atoms with Crippen LogP contribution >= 0.6 is 0 Å². The van der Waals surface area contributed by atoms with Crippen LogP contribution in [0.5, 0.6) is 0 Å². The molecule has 0 bridgehead atoms. The van der Waals surface area contributed by atoms with Gasteiger partial charge in [0.05, 0.1) is 12.7 Å². The zero-order valence-electron chi connectivity index (χ0n) is 6.27. The summed E-state index contributed by atoms with van der Waals surface area (Å²) in [5.41, 5.74) is 0. The average Bonchev–Trinajstić information content (AvgIpc) is 1.56. The third kappa shape index (κ3) is 9.38. The molecule has 1 fully saturated rings. The van der Waals surface area contributed by atoms with Crippen molar-refractivity contribution in [2.24, 2.45) is 0 Å². The average molecular weight is 182 g/mol. The summed E-state index contributed by atoms with van der Waals surface area (Å²) in [6.45, 7) is 1.88. The zero-order valence-corrected chi connectivity index (χ0v) is 7.09. The fourth-order valence-electron chi connectivity index (χ4n) is 0.449. The van der Waals surface area contributed by atoms with Crippen molar-refractivity contribution < 1.29 is 22.5 Å². The predicted octanol–water partition coefficient (Wildman–Crippen LogP) is -0.174. The van der Waals surface area contributed by atoms with Gasteiger partial charge in [-0.25, -0.2) is 0 Å². The lowest BCUT2D eigenvalue weighted by Gasteiger charge is -2.20. The fourth-order valence-corrected chi connectivity index (χ4v) is 0.449. The smallest absolute Gasteiger partial charge is 0.309 e. The molecule has 1 aliphatic heterocycles. The summed E-state index contributed by atoms with van der Waals surface area (Å²) >= 11 is 0. The van der Waals surface area contributed by atoms with Crippen LogP contribution in [0.3, 0.4) is 0 Å². The molecule has 0 spiro atoms. The number of ether oxygens (including phenoxy) is 1. The van der Waals surface area contributed by atoms with E-state index in [4.69, 9.17) is 4.55 Å². The highest BCUT2D eigenvalue weighted by Gasteiger charge is 2.22. The van der Waals surface area contributed by atoms with Gasteiger partial charge in [-0.15, -0.1) is 0 Å². The summed E-state index contributed by atoms with van der Waals surface area (Å²) in [4.78, 5) is 9.89. The lowest BCUT2D eigenvalue weighted by molar-refractivity contribution is -0.167. The van der Waals surface area contributed by atoms with E-state index in [2.05, 4.69) is 4.74 Å². The molecule has 1 rings (SSSR count). The Labute approximate surface area is 65.1 Å². The van der Waals surface area contributed by atoms with Crippen LogP contribution in [0, 0.1) is 0 Å². The number of hydrogen-bond acceptors (Lipinski definition) is 4. The van der Waals surface area contributed by atoms with E-state index in [0.717, 1.165) is 0 Å². The van der Waals surface area contributed by atoms with E-state index in [0.29, 0.717) is 12.7 Å². The van der Waals surface area contributed by atoms with Gasteiger partial charge in [0.15, 0.2) is 0 Å². The molecule has 6 heteroatoms. The maximum absolute atomic E-state index is 9.89. The number of carbonyl (C=O) groups is 1. The molecule has 0 aliphatic carbocycles. The first kappa shape index (κ1) is 10.4. The second-order valence-corrected chi connectivity index (χ2v) is 3.70. The molecule has 11 heavy (non-hydrogen) atoms. The van der Waals surface area contributed by atoms with Gasteiger partial charge < -0.3 is 4.74 Å². The van der Waals surface area contributed by atoms with E-state index in [1.54, 1.807) is 0 Å². The number of cyclic esters (lactones) is 1. The fraction of sp³-hybridized carbons (Fsp3) is 0.800. The molecular formula is C5H10O5S. The second kappa shape index (κ2) is 3.68. The highest BCUT2D eigenvalue weighted by molar-refractivity contribution is 7.85. The molecule has 5 nitrogen and oxygen atoms in total. The van der Waals surface area contributed by atoms with Crippen molar-refractivity contribution in [1.29, 1.82) is 0 Å². The standard InChI is InChI=1S/C4H6O2.CH4O3S/c1-3-2-4(5)6-3;1-5(2,3)4/h3H,2H2,1H3;1H3,(H,2,3,4)/t3-;/m0./s1. The van der Waals surface area contributed by atoms with Crippen molar-refractivity contribution in [2.75, 3.05) is 6.26 Å². The van der Waals surface area contributed by atoms with Crippen molar-refractivity contribution in [3.8, 4) is 0 Å². The van der Waals surface area contributed by atoms with Crippen LogP contribution in [0.1, 0.15) is 13.3 Å². The minimum atomic E-state index is -3.67. The number of rotatable bonds is 0. The van der Waals surface area contributed by atoms with Crippen molar-refractivity contribution in [1.82, 2.24) is 0 Å². The van der Waals surface area contributed by atoms with Crippen LogP contribution in [0.4, 0.5) is 0 Å². The quantitative estimate of drug-likeness (QED) is 0.415. The topological polar surface area (TPSA) is 80.7 Å². The van der Waals surface area contributed by atoms with Crippen LogP contribution in [0.2, 0.25) is 0 Å². The van der Waals surface area contributed by atoms with E-state index in [1.165, 1.54) is 0 Å². The molecule has 1 atom stereocenters. The van der Waals surface area contributed by atoms with E-state index in [-0.39, 0.29) is 12.1 Å². The Hall–Kier alpha value is -0.620. The van der Waals surface area contributed by atoms with Gasteiger partial charge in [-0.2, -0.15) is 8.42 Å². The molecule has 66 valence electrons. The van der Waals surface area contributed by atoms with Crippen LogP contribution in [0.25, 0.3) is 0 Å². The SMILES string of the molecule is CS(=O)(=O)O.C[C@H]1CC(=O)O1. The normalized spacial score (nSPS) is 22.5. The highest BCUT2D eigenvalue weighted by Crippen LogP contribution is 2.10. The number of carbonyl (C=O) groups excluding carboxylic acids is 1. The minimum Gasteiger partial charge on any atom is -0.462 e. The Balaban J connectivity index is 0.000000187. The molecule has 0 aromatic heterocycles. The summed E-state index contributed by atoms with van der Waals surface area (Å²) in [6, 6.07) is 0. The minimum absolute atomic E-state index is 0.0671. The Morgan fingerprint density at radius 3 is 1.91 bits per heavy atom. The van der Waals surface area contributed by atoms with Crippen LogP contribution in [-0.2, 0) is 19.6 Å². The largest absolute Gasteiger partial charge is 0.462 e. The van der Waals surface area contributed by atoms with Gasteiger partial charge in [0, 0.05) is 0 Å². The molecule has 0 unspecified atom stereocenters. The van der Waals surface area contributed by atoms with Crippen LogP contribution < -0.4 is 0 Å². The Kier molecular flexibility index (Phi) is 3.47. The lowest BCUT2D eigenvalue weighted by Crippen LogP contribution is -2.29. The molecule has 0 radical (unpaired) electrons. The Morgan fingerprint density at radius 1 is 1.64 bits per heavy atom. The maximum Gasteiger partial charge on any atom is 0.309 e. The van der Waals surface area contributed by atoms with Crippen molar-refractivity contribution in [3.05, 3.63) is 0 Å². The molecule has 1 aliphatic rings. The Bertz CT molecular complexity index is 213. The van der Waals surface area contributed by atoms with Gasteiger partial charge in [0.1, 0.15) is 6.10 Å². The number of esters is 1. The zero-order chi connectivity index (χ0) is 9.07. The maximum atomic E-state index is 9.89. The second-order valence-electron chi connectivity index (χ2n) is 2.24. The summed E-state index contributed by atoms with van der Waals surface area (Å²) < 4.78 is 30.4. The summed E-state index contributed by atoms with van der Waals surface area (Å²) in [5.74, 6) is -0.0671. The van der Waals surface area contributed by atoms with Gasteiger partial charge in [-0.3, -0.25) is 9.35 Å². The van der Waals surface area contributed by atoms with Gasteiger partial charge in [0.2, 0.25) is 0 Å². The third-order valence-corrected chi connectivity index (χ3v) is 0.787. The van der Waals surface area contributed by atoms with Gasteiger partial charge in [0.25, 0.3) is 10.1 Å². The molecule has 0 aromatic carbocycles.